The van der Waals surface area contributed by atoms with E-state index in [2.05, 4.69) is 10.6 Å². The molecule has 6 nitrogen and oxygen atoms in total. The first-order valence-corrected chi connectivity index (χ1v) is 11.8. The first-order chi connectivity index (χ1) is 17.0. The number of anilines is 2. The topological polar surface area (TPSA) is 88.4 Å². The van der Waals surface area contributed by atoms with Crippen LogP contribution in [0.25, 0.3) is 22.3 Å². The van der Waals surface area contributed by atoms with Crippen molar-refractivity contribution in [3.05, 3.63) is 117 Å². The number of benzene rings is 3. The molecule has 0 bridgehead atoms. The van der Waals surface area contributed by atoms with E-state index >= 15 is 0 Å². The second-order valence-corrected chi connectivity index (χ2v) is 8.85. The average molecular weight is 481 g/mol. The highest BCUT2D eigenvalue weighted by Crippen LogP contribution is 2.28. The van der Waals surface area contributed by atoms with Gasteiger partial charge in [-0.1, -0.05) is 48.5 Å². The Labute approximate surface area is 204 Å². The molecule has 5 aromatic rings. The normalized spacial score (nSPS) is 10.8. The van der Waals surface area contributed by atoms with E-state index in [-0.39, 0.29) is 22.5 Å². The van der Waals surface area contributed by atoms with Gasteiger partial charge in [0.05, 0.1) is 15.8 Å². The molecule has 0 saturated heterocycles. The van der Waals surface area contributed by atoms with Gasteiger partial charge in [0, 0.05) is 22.5 Å². The van der Waals surface area contributed by atoms with Crippen molar-refractivity contribution in [2.75, 3.05) is 10.6 Å². The molecule has 172 valence electrons. The number of hydrogen-bond donors (Lipinski definition) is 2. The molecule has 0 spiro atoms. The fraction of sp³-hybridized carbons (Fsp3) is 0.0357. The molecule has 3 aromatic carbocycles. The Kier molecular flexibility index (Phi) is 5.99. The number of carbonyl (C=O) groups excluding carboxylic acids is 2. The Morgan fingerprint density at radius 3 is 2.23 bits per heavy atom. The van der Waals surface area contributed by atoms with Crippen molar-refractivity contribution in [3.63, 3.8) is 0 Å². The number of hydrogen-bond acceptors (Lipinski definition) is 5. The summed E-state index contributed by atoms with van der Waals surface area (Å²) in [6.07, 6.45) is 0. The smallest absolute Gasteiger partial charge is 0.265 e. The zero-order valence-corrected chi connectivity index (χ0v) is 19.5. The summed E-state index contributed by atoms with van der Waals surface area (Å²) in [5.41, 5.74) is 2.56. The van der Waals surface area contributed by atoms with Gasteiger partial charge in [-0.05, 0) is 48.7 Å². The van der Waals surface area contributed by atoms with Gasteiger partial charge in [0.25, 0.3) is 11.8 Å². The number of thiophene rings is 1. The van der Waals surface area contributed by atoms with Crippen LogP contribution in [0.3, 0.4) is 0 Å². The maximum absolute atomic E-state index is 13.2. The molecule has 0 aliphatic carbocycles. The summed E-state index contributed by atoms with van der Waals surface area (Å²) in [5, 5.41) is 7.84. The average Bonchev–Trinajstić information content (AvgIpc) is 3.42. The fourth-order valence-corrected chi connectivity index (χ4v) is 4.45. The lowest BCUT2D eigenvalue weighted by Gasteiger charge is -2.11. The summed E-state index contributed by atoms with van der Waals surface area (Å²) in [4.78, 5) is 39.2. The first kappa shape index (κ1) is 22.3. The number of para-hydroxylation sites is 1. The van der Waals surface area contributed by atoms with Gasteiger partial charge in [0.1, 0.15) is 5.76 Å². The third kappa shape index (κ3) is 4.49. The van der Waals surface area contributed by atoms with Crippen molar-refractivity contribution in [2.24, 2.45) is 0 Å². The van der Waals surface area contributed by atoms with Crippen LogP contribution in [0.2, 0.25) is 0 Å². The van der Waals surface area contributed by atoms with Crippen molar-refractivity contribution < 1.29 is 14.0 Å². The van der Waals surface area contributed by atoms with Gasteiger partial charge in [-0.25, -0.2) is 0 Å². The van der Waals surface area contributed by atoms with Gasteiger partial charge in [-0.15, -0.1) is 11.3 Å². The number of carbonyl (C=O) groups is 2. The van der Waals surface area contributed by atoms with Gasteiger partial charge >= 0.3 is 0 Å². The van der Waals surface area contributed by atoms with Gasteiger partial charge in [-0.3, -0.25) is 14.4 Å². The molecule has 2 amide bonds. The summed E-state index contributed by atoms with van der Waals surface area (Å²) in [6, 6.07) is 24.7. The largest absolute Gasteiger partial charge is 0.455 e. The van der Waals surface area contributed by atoms with Gasteiger partial charge in [0.15, 0.2) is 11.0 Å². The molecule has 0 saturated carbocycles. The Morgan fingerprint density at radius 1 is 0.800 bits per heavy atom. The maximum Gasteiger partial charge on any atom is 0.265 e. The molecule has 5 rings (SSSR count). The Hall–Kier alpha value is -4.49. The Balaban J connectivity index is 1.47. The standard InChI is InChI=1S/C28H20N2O4S/c1-17-24(31)21-12-6-13-22(26(21)34-25(17)18-8-3-2-4-9-18)27(32)29-19-10-5-11-20(16-19)30-28(33)23-14-7-15-35-23/h2-16H,1H3,(H,29,32)(H,30,33). The molecule has 0 fully saturated rings. The minimum Gasteiger partial charge on any atom is -0.455 e. The predicted octanol–water partition coefficient (Wildman–Crippen LogP) is 6.33. The predicted molar refractivity (Wildman–Crippen MR) is 139 cm³/mol. The molecular weight excluding hydrogens is 460 g/mol. The van der Waals surface area contributed by atoms with Crippen molar-refractivity contribution in [1.29, 1.82) is 0 Å². The molecule has 0 radical (unpaired) electrons. The number of nitrogens with one attached hydrogen (secondary N) is 2. The summed E-state index contributed by atoms with van der Waals surface area (Å²) in [7, 11) is 0. The molecule has 0 unspecified atom stereocenters. The van der Waals surface area contributed by atoms with Crippen LogP contribution in [-0.2, 0) is 0 Å². The Morgan fingerprint density at radius 2 is 1.51 bits per heavy atom. The molecule has 2 aromatic heterocycles. The third-order valence-electron chi connectivity index (χ3n) is 5.55. The Bertz CT molecular complexity index is 1610. The third-order valence-corrected chi connectivity index (χ3v) is 6.42. The second-order valence-electron chi connectivity index (χ2n) is 7.90. The van der Waals surface area contributed by atoms with E-state index in [1.807, 2.05) is 41.8 Å². The van der Waals surface area contributed by atoms with Crippen molar-refractivity contribution in [3.8, 4) is 11.3 Å². The summed E-state index contributed by atoms with van der Waals surface area (Å²) in [6.45, 7) is 1.72. The quantitative estimate of drug-likeness (QED) is 0.307. The molecule has 2 N–H and O–H groups in total. The minimum atomic E-state index is -0.427. The molecule has 0 atom stereocenters. The second kappa shape index (κ2) is 9.40. The monoisotopic (exact) mass is 480 g/mol. The van der Waals surface area contributed by atoms with Crippen LogP contribution >= 0.6 is 11.3 Å². The van der Waals surface area contributed by atoms with Crippen LogP contribution in [-0.4, -0.2) is 11.8 Å². The summed E-state index contributed by atoms with van der Waals surface area (Å²) >= 11 is 1.35. The van der Waals surface area contributed by atoms with E-state index < -0.39 is 5.91 Å². The van der Waals surface area contributed by atoms with Crippen LogP contribution < -0.4 is 16.1 Å². The number of amides is 2. The van der Waals surface area contributed by atoms with Gasteiger partial charge < -0.3 is 15.1 Å². The molecule has 2 heterocycles. The molecule has 0 aliphatic rings. The fourth-order valence-electron chi connectivity index (χ4n) is 3.83. The van der Waals surface area contributed by atoms with Crippen LogP contribution in [0.5, 0.6) is 0 Å². The van der Waals surface area contributed by atoms with E-state index in [0.29, 0.717) is 33.0 Å². The van der Waals surface area contributed by atoms with Crippen LogP contribution in [0.4, 0.5) is 11.4 Å². The number of fused-ring (bicyclic) bond motifs is 1. The lowest BCUT2D eigenvalue weighted by Crippen LogP contribution is -2.15. The summed E-state index contributed by atoms with van der Waals surface area (Å²) < 4.78 is 6.15. The van der Waals surface area contributed by atoms with Gasteiger partial charge in [0.2, 0.25) is 0 Å². The van der Waals surface area contributed by atoms with E-state index in [1.165, 1.54) is 11.3 Å². The van der Waals surface area contributed by atoms with Crippen molar-refractivity contribution >= 4 is 45.5 Å². The molecular formula is C28H20N2O4S. The highest BCUT2D eigenvalue weighted by Gasteiger charge is 2.18. The SMILES string of the molecule is Cc1c(-c2ccccc2)oc2c(C(=O)Nc3cccc(NC(=O)c4cccs4)c3)cccc2c1=O. The highest BCUT2D eigenvalue weighted by molar-refractivity contribution is 7.12. The van der Waals surface area contributed by atoms with Crippen LogP contribution in [0.1, 0.15) is 25.6 Å². The van der Waals surface area contributed by atoms with Gasteiger partial charge in [-0.2, -0.15) is 0 Å². The molecule has 0 aliphatic heterocycles. The maximum atomic E-state index is 13.2. The van der Waals surface area contributed by atoms with E-state index in [0.717, 1.165) is 5.56 Å². The lowest BCUT2D eigenvalue weighted by atomic mass is 10.0. The minimum absolute atomic E-state index is 0.182. The van der Waals surface area contributed by atoms with Crippen molar-refractivity contribution in [1.82, 2.24) is 0 Å². The summed E-state index contributed by atoms with van der Waals surface area (Å²) in [5.74, 6) is -0.215. The zero-order valence-electron chi connectivity index (χ0n) is 18.7. The van der Waals surface area contributed by atoms with E-state index in [1.54, 1.807) is 55.5 Å². The van der Waals surface area contributed by atoms with Crippen LogP contribution in [0, 0.1) is 6.92 Å². The lowest BCUT2D eigenvalue weighted by molar-refractivity contribution is 0.102. The van der Waals surface area contributed by atoms with E-state index in [9.17, 15) is 14.4 Å². The zero-order chi connectivity index (χ0) is 24.4. The first-order valence-electron chi connectivity index (χ1n) is 10.9. The molecule has 7 heteroatoms. The highest BCUT2D eigenvalue weighted by atomic mass is 32.1. The van der Waals surface area contributed by atoms with Crippen LogP contribution in [0.15, 0.2) is 99.5 Å². The van der Waals surface area contributed by atoms with E-state index in [4.69, 9.17) is 4.42 Å². The number of rotatable bonds is 5. The van der Waals surface area contributed by atoms with Crippen molar-refractivity contribution in [2.45, 2.75) is 6.92 Å². The molecule has 35 heavy (non-hydrogen) atoms.